The van der Waals surface area contributed by atoms with E-state index < -0.39 is 0 Å². The Kier molecular flexibility index (Phi) is 4.02. The van der Waals surface area contributed by atoms with E-state index in [1.165, 1.54) is 38.4 Å². The molecule has 0 radical (unpaired) electrons. The number of nitrogens with one attached hydrogen (secondary N) is 1. The van der Waals surface area contributed by atoms with Crippen molar-refractivity contribution < 1.29 is 9.53 Å². The van der Waals surface area contributed by atoms with Crippen LogP contribution in [0, 0.1) is 0 Å². The zero-order valence-electron chi connectivity index (χ0n) is 11.2. The second kappa shape index (κ2) is 5.53. The van der Waals surface area contributed by atoms with Gasteiger partial charge in [0.25, 0.3) is 0 Å². The van der Waals surface area contributed by atoms with E-state index in [1.807, 2.05) is 24.3 Å². The Morgan fingerprint density at radius 2 is 1.89 bits per heavy atom. The summed E-state index contributed by atoms with van der Waals surface area (Å²) >= 11 is 0. The number of esters is 1. The second-order valence-corrected chi connectivity index (χ2v) is 5.31. The smallest absolute Gasteiger partial charge is 0.337 e. The molecule has 18 heavy (non-hydrogen) atoms. The van der Waals surface area contributed by atoms with Gasteiger partial charge in [0.1, 0.15) is 0 Å². The summed E-state index contributed by atoms with van der Waals surface area (Å²) < 4.78 is 4.68. The average molecular weight is 247 g/mol. The van der Waals surface area contributed by atoms with Crippen molar-refractivity contribution in [3.8, 4) is 0 Å². The van der Waals surface area contributed by atoms with E-state index in [-0.39, 0.29) is 5.97 Å². The molecule has 3 heteroatoms. The predicted molar refractivity (Wildman–Crippen MR) is 71.5 cm³/mol. The van der Waals surface area contributed by atoms with Crippen LogP contribution < -0.4 is 5.32 Å². The number of hydrogen-bond donors (Lipinski definition) is 1. The van der Waals surface area contributed by atoms with Crippen molar-refractivity contribution in [1.82, 2.24) is 5.32 Å². The van der Waals surface area contributed by atoms with Gasteiger partial charge in [-0.1, -0.05) is 25.0 Å². The molecule has 98 valence electrons. The Morgan fingerprint density at radius 3 is 2.44 bits per heavy atom. The van der Waals surface area contributed by atoms with Crippen molar-refractivity contribution in [1.29, 1.82) is 0 Å². The highest BCUT2D eigenvalue weighted by Crippen LogP contribution is 2.29. The van der Waals surface area contributed by atoms with Gasteiger partial charge in [0.15, 0.2) is 0 Å². The number of methoxy groups -OCH3 is 1. The summed E-state index contributed by atoms with van der Waals surface area (Å²) in [7, 11) is 1.40. The molecule has 0 atom stereocenters. The Morgan fingerprint density at radius 1 is 1.28 bits per heavy atom. The Hall–Kier alpha value is -1.35. The first kappa shape index (κ1) is 13.1. The van der Waals surface area contributed by atoms with Gasteiger partial charge in [0, 0.05) is 12.1 Å². The molecule has 0 amide bonds. The minimum Gasteiger partial charge on any atom is -0.465 e. The highest BCUT2D eigenvalue weighted by atomic mass is 16.5. The molecule has 3 nitrogen and oxygen atoms in total. The van der Waals surface area contributed by atoms with Crippen LogP contribution in [0.2, 0.25) is 0 Å². The van der Waals surface area contributed by atoms with Crippen LogP contribution in [-0.4, -0.2) is 18.6 Å². The van der Waals surface area contributed by atoms with Crippen LogP contribution >= 0.6 is 0 Å². The maximum atomic E-state index is 11.3. The fourth-order valence-electron chi connectivity index (χ4n) is 2.52. The van der Waals surface area contributed by atoms with Gasteiger partial charge in [-0.25, -0.2) is 4.79 Å². The molecule has 0 spiro atoms. The van der Waals surface area contributed by atoms with Crippen molar-refractivity contribution in [3.63, 3.8) is 0 Å². The van der Waals surface area contributed by atoms with Crippen LogP contribution in [0.1, 0.15) is 48.5 Å². The predicted octanol–water partition coefficient (Wildman–Crippen LogP) is 2.90. The van der Waals surface area contributed by atoms with Crippen molar-refractivity contribution in [2.24, 2.45) is 0 Å². The zero-order chi connectivity index (χ0) is 13.0. The molecule has 1 aliphatic carbocycles. The number of carbonyl (C=O) groups is 1. The van der Waals surface area contributed by atoms with Crippen LogP contribution in [0.15, 0.2) is 24.3 Å². The van der Waals surface area contributed by atoms with Crippen molar-refractivity contribution >= 4 is 5.97 Å². The zero-order valence-corrected chi connectivity index (χ0v) is 11.2. The van der Waals surface area contributed by atoms with Crippen molar-refractivity contribution in [2.45, 2.75) is 44.7 Å². The maximum Gasteiger partial charge on any atom is 0.337 e. The molecular formula is C15H21NO2. The maximum absolute atomic E-state index is 11.3. The van der Waals surface area contributed by atoms with E-state index >= 15 is 0 Å². The lowest BCUT2D eigenvalue weighted by Crippen LogP contribution is -2.38. The van der Waals surface area contributed by atoms with Gasteiger partial charge >= 0.3 is 5.97 Å². The van der Waals surface area contributed by atoms with Crippen molar-refractivity contribution in [3.05, 3.63) is 35.4 Å². The highest BCUT2D eigenvalue weighted by Gasteiger charge is 2.27. The summed E-state index contributed by atoms with van der Waals surface area (Å²) in [6.07, 6.45) is 5.16. The average Bonchev–Trinajstić information content (AvgIpc) is 2.83. The second-order valence-electron chi connectivity index (χ2n) is 5.31. The summed E-state index contributed by atoms with van der Waals surface area (Å²) in [5, 5.41) is 3.62. The molecule has 1 N–H and O–H groups in total. The third kappa shape index (κ3) is 3.10. The van der Waals surface area contributed by atoms with Gasteiger partial charge in [0.2, 0.25) is 0 Å². The number of ether oxygens (including phenoxy) is 1. The number of carbonyl (C=O) groups excluding carboxylic acids is 1. The summed E-state index contributed by atoms with van der Waals surface area (Å²) in [5.41, 5.74) is 2.10. The largest absolute Gasteiger partial charge is 0.465 e. The summed E-state index contributed by atoms with van der Waals surface area (Å²) in [6, 6.07) is 7.61. The Balaban J connectivity index is 1.92. The van der Waals surface area contributed by atoms with E-state index in [4.69, 9.17) is 0 Å². The summed E-state index contributed by atoms with van der Waals surface area (Å²) in [6.45, 7) is 3.15. The molecule has 0 aliphatic heterocycles. The molecule has 0 aromatic heterocycles. The standard InChI is InChI=1S/C15H21NO2/c1-15(9-3-4-10-15)16-11-12-5-7-13(8-6-12)14(17)18-2/h5-8,16H,3-4,9-11H2,1-2H3. The molecular weight excluding hydrogens is 226 g/mol. The summed E-state index contributed by atoms with van der Waals surface area (Å²) in [5.74, 6) is -0.280. The van der Waals surface area contributed by atoms with Crippen LogP contribution in [-0.2, 0) is 11.3 Å². The molecule has 1 aliphatic rings. The molecule has 1 saturated carbocycles. The number of rotatable bonds is 4. The van der Waals surface area contributed by atoms with E-state index in [9.17, 15) is 4.79 Å². The first-order valence-electron chi connectivity index (χ1n) is 6.55. The van der Waals surface area contributed by atoms with Gasteiger partial charge in [-0.15, -0.1) is 0 Å². The third-order valence-electron chi connectivity index (χ3n) is 3.80. The highest BCUT2D eigenvalue weighted by molar-refractivity contribution is 5.89. The van der Waals surface area contributed by atoms with Gasteiger partial charge in [-0.3, -0.25) is 0 Å². The lowest BCUT2D eigenvalue weighted by Gasteiger charge is -2.25. The van der Waals surface area contributed by atoms with Gasteiger partial charge in [-0.05, 0) is 37.5 Å². The summed E-state index contributed by atoms with van der Waals surface area (Å²) in [4.78, 5) is 11.3. The molecule has 1 aromatic carbocycles. The topological polar surface area (TPSA) is 38.3 Å². The normalized spacial score (nSPS) is 17.7. The van der Waals surface area contributed by atoms with E-state index in [0.29, 0.717) is 11.1 Å². The minimum absolute atomic E-state index is 0.280. The lowest BCUT2D eigenvalue weighted by atomic mass is 10.00. The van der Waals surface area contributed by atoms with Gasteiger partial charge in [-0.2, -0.15) is 0 Å². The van der Waals surface area contributed by atoms with Gasteiger partial charge < -0.3 is 10.1 Å². The van der Waals surface area contributed by atoms with Crippen LogP contribution in [0.3, 0.4) is 0 Å². The lowest BCUT2D eigenvalue weighted by molar-refractivity contribution is 0.0600. The Labute approximate surface area is 109 Å². The molecule has 1 fully saturated rings. The quantitative estimate of drug-likeness (QED) is 0.831. The fourth-order valence-corrected chi connectivity index (χ4v) is 2.52. The number of hydrogen-bond acceptors (Lipinski definition) is 3. The SMILES string of the molecule is COC(=O)c1ccc(CNC2(C)CCCC2)cc1. The first-order chi connectivity index (χ1) is 8.63. The molecule has 0 saturated heterocycles. The Bertz CT molecular complexity index is 405. The molecule has 0 bridgehead atoms. The number of benzene rings is 1. The van der Waals surface area contributed by atoms with Gasteiger partial charge in [0.05, 0.1) is 12.7 Å². The monoisotopic (exact) mass is 247 g/mol. The fraction of sp³-hybridized carbons (Fsp3) is 0.533. The molecule has 0 unspecified atom stereocenters. The molecule has 1 aromatic rings. The third-order valence-corrected chi connectivity index (χ3v) is 3.80. The van der Waals surface area contributed by atoms with Crippen LogP contribution in [0.25, 0.3) is 0 Å². The van der Waals surface area contributed by atoms with Crippen molar-refractivity contribution in [2.75, 3.05) is 7.11 Å². The first-order valence-corrected chi connectivity index (χ1v) is 6.55. The van der Waals surface area contributed by atoms with E-state index in [1.54, 1.807) is 0 Å². The van der Waals surface area contributed by atoms with Crippen LogP contribution in [0.4, 0.5) is 0 Å². The molecule has 2 rings (SSSR count). The molecule has 0 heterocycles. The van der Waals surface area contributed by atoms with E-state index in [0.717, 1.165) is 6.54 Å². The van der Waals surface area contributed by atoms with E-state index in [2.05, 4.69) is 17.0 Å². The van der Waals surface area contributed by atoms with Crippen LogP contribution in [0.5, 0.6) is 0 Å². The minimum atomic E-state index is -0.280.